The first kappa shape index (κ1) is 26.6. The molecule has 0 spiro atoms. The zero-order chi connectivity index (χ0) is 16.8. The maximum absolute atomic E-state index is 10.2. The van der Waals surface area contributed by atoms with Crippen LogP contribution in [-0.2, 0) is 16.0 Å². The fourth-order valence-corrected chi connectivity index (χ4v) is 0.896. The van der Waals surface area contributed by atoms with Crippen molar-refractivity contribution < 1.29 is 19.7 Å². The fraction of sp³-hybridized carbons (Fsp3) is 0.400. The van der Waals surface area contributed by atoms with E-state index in [0.29, 0.717) is 6.42 Å². The molecule has 1 aromatic carbocycles. The molecule has 0 saturated carbocycles. The topological polar surface area (TPSA) is 92.8 Å². The molecule has 116 valence electrons. The molecule has 0 amide bonds. The van der Waals surface area contributed by atoms with Gasteiger partial charge in [0, 0.05) is 27.8 Å². The standard InChI is InChI=1S/C9H10O2.C2H6O.C2H2.CH5N.CH4O/c10-9(11)7-6-8-4-2-1-3-5-8;1-3-2;3*1-2/h1-5H,6-7H2,(H,10,11);1-2H3;1-2H;2H2,1H3;2H,1H3. The maximum atomic E-state index is 10.2. The van der Waals surface area contributed by atoms with Crippen molar-refractivity contribution in [1.82, 2.24) is 0 Å². The van der Waals surface area contributed by atoms with Gasteiger partial charge in [0.1, 0.15) is 0 Å². The number of hydrogen-bond donors (Lipinski definition) is 3. The average molecular weight is 285 g/mol. The highest BCUT2D eigenvalue weighted by Crippen LogP contribution is 2.01. The molecule has 0 fully saturated rings. The van der Waals surface area contributed by atoms with Gasteiger partial charge < -0.3 is 20.7 Å². The Morgan fingerprint density at radius 1 is 1.15 bits per heavy atom. The Kier molecular flexibility index (Phi) is 40.4. The van der Waals surface area contributed by atoms with E-state index in [1.54, 1.807) is 14.2 Å². The lowest BCUT2D eigenvalue weighted by Gasteiger charge is -1.95. The second-order valence-corrected chi connectivity index (χ2v) is 2.79. The van der Waals surface area contributed by atoms with Gasteiger partial charge in [-0.05, 0) is 19.0 Å². The average Bonchev–Trinajstić information content (AvgIpc) is 2.53. The molecule has 0 saturated heterocycles. The van der Waals surface area contributed by atoms with Crippen molar-refractivity contribution in [3.8, 4) is 12.8 Å². The third kappa shape index (κ3) is 29.8. The van der Waals surface area contributed by atoms with Crippen molar-refractivity contribution in [1.29, 1.82) is 0 Å². The molecule has 0 atom stereocenters. The summed E-state index contributed by atoms with van der Waals surface area (Å²) in [6, 6.07) is 9.62. The van der Waals surface area contributed by atoms with E-state index < -0.39 is 5.97 Å². The Bertz CT molecular complexity index is 286. The van der Waals surface area contributed by atoms with E-state index in [9.17, 15) is 4.79 Å². The van der Waals surface area contributed by atoms with Crippen LogP contribution in [-0.4, -0.2) is 44.6 Å². The zero-order valence-corrected chi connectivity index (χ0v) is 12.7. The monoisotopic (exact) mass is 285 g/mol. The molecule has 1 aromatic rings. The van der Waals surface area contributed by atoms with Gasteiger partial charge in [-0.15, -0.1) is 12.8 Å². The number of nitrogens with two attached hydrogens (primary N) is 1. The van der Waals surface area contributed by atoms with Crippen molar-refractivity contribution in [2.75, 3.05) is 28.4 Å². The van der Waals surface area contributed by atoms with Crippen LogP contribution >= 0.6 is 0 Å². The van der Waals surface area contributed by atoms with Crippen LogP contribution in [0.15, 0.2) is 30.3 Å². The van der Waals surface area contributed by atoms with Crippen LogP contribution in [0, 0.1) is 12.8 Å². The molecule has 0 aliphatic carbocycles. The molecule has 5 nitrogen and oxygen atoms in total. The van der Waals surface area contributed by atoms with Crippen molar-refractivity contribution in [2.24, 2.45) is 5.73 Å². The van der Waals surface area contributed by atoms with E-state index in [1.165, 1.54) is 7.05 Å². The number of methoxy groups -OCH3 is 1. The summed E-state index contributed by atoms with van der Waals surface area (Å²) in [6.07, 6.45) is 8.83. The summed E-state index contributed by atoms with van der Waals surface area (Å²) in [5, 5.41) is 15.4. The van der Waals surface area contributed by atoms with Gasteiger partial charge in [0.15, 0.2) is 0 Å². The van der Waals surface area contributed by atoms with Gasteiger partial charge in [0.2, 0.25) is 0 Å². The molecule has 0 aromatic heterocycles. The summed E-state index contributed by atoms with van der Waals surface area (Å²) in [7, 11) is 5.75. The van der Waals surface area contributed by atoms with E-state index in [-0.39, 0.29) is 6.42 Å². The van der Waals surface area contributed by atoms with Gasteiger partial charge in [-0.2, -0.15) is 0 Å². The normalized spacial score (nSPS) is 6.80. The minimum Gasteiger partial charge on any atom is -0.481 e. The number of carboxylic acids is 1. The molecule has 20 heavy (non-hydrogen) atoms. The summed E-state index contributed by atoms with van der Waals surface area (Å²) in [5.41, 5.74) is 5.58. The number of hydrogen-bond acceptors (Lipinski definition) is 4. The first-order valence-corrected chi connectivity index (χ1v) is 5.72. The van der Waals surface area contributed by atoms with Crippen LogP contribution < -0.4 is 5.73 Å². The number of terminal acetylenes is 1. The summed E-state index contributed by atoms with van der Waals surface area (Å²) >= 11 is 0. The van der Waals surface area contributed by atoms with Crippen LogP contribution in [0.3, 0.4) is 0 Å². The molecule has 0 unspecified atom stereocenters. The zero-order valence-electron chi connectivity index (χ0n) is 12.7. The number of benzene rings is 1. The maximum Gasteiger partial charge on any atom is 0.303 e. The minimum atomic E-state index is -0.742. The van der Waals surface area contributed by atoms with E-state index in [2.05, 4.69) is 23.3 Å². The number of aliphatic carboxylic acids is 1. The van der Waals surface area contributed by atoms with Gasteiger partial charge in [0.05, 0.1) is 0 Å². The molecular weight excluding hydrogens is 258 g/mol. The number of carboxylic acid groups (broad SMARTS) is 1. The van der Waals surface area contributed by atoms with Gasteiger partial charge in [-0.3, -0.25) is 4.79 Å². The Balaban J connectivity index is -0.000000121. The molecule has 0 aliphatic rings. The lowest BCUT2D eigenvalue weighted by atomic mass is 10.1. The Hall–Kier alpha value is -1.87. The second kappa shape index (κ2) is 30.3. The predicted molar refractivity (Wildman–Crippen MR) is 83.5 cm³/mol. The van der Waals surface area contributed by atoms with Crippen LogP contribution in [0.4, 0.5) is 0 Å². The van der Waals surface area contributed by atoms with Gasteiger partial charge in [-0.1, -0.05) is 30.3 Å². The lowest BCUT2D eigenvalue weighted by Crippen LogP contribution is -1.96. The quantitative estimate of drug-likeness (QED) is 0.730. The predicted octanol–water partition coefficient (Wildman–Crippen LogP) is 1.40. The number of aliphatic hydroxyl groups is 1. The highest BCUT2D eigenvalue weighted by Gasteiger charge is 1.96. The van der Waals surface area contributed by atoms with Crippen molar-refractivity contribution >= 4 is 5.97 Å². The van der Waals surface area contributed by atoms with E-state index >= 15 is 0 Å². The minimum absolute atomic E-state index is 0.212. The lowest BCUT2D eigenvalue weighted by molar-refractivity contribution is -0.136. The summed E-state index contributed by atoms with van der Waals surface area (Å²) in [4.78, 5) is 10.2. The van der Waals surface area contributed by atoms with Crippen LogP contribution in [0.2, 0.25) is 0 Å². The Morgan fingerprint density at radius 2 is 1.50 bits per heavy atom. The van der Waals surface area contributed by atoms with E-state index in [4.69, 9.17) is 10.2 Å². The SMILES string of the molecule is C#C.CN.CO.COC.O=C(O)CCc1ccccc1. The van der Waals surface area contributed by atoms with Crippen molar-refractivity contribution in [3.63, 3.8) is 0 Å². The van der Waals surface area contributed by atoms with E-state index in [0.717, 1.165) is 12.7 Å². The summed E-state index contributed by atoms with van der Waals surface area (Å²) in [5.74, 6) is -0.742. The number of rotatable bonds is 3. The molecule has 4 N–H and O–H groups in total. The van der Waals surface area contributed by atoms with E-state index in [1.807, 2.05) is 30.3 Å². The Labute approximate surface area is 122 Å². The van der Waals surface area contributed by atoms with Crippen LogP contribution in [0.25, 0.3) is 0 Å². The number of aryl methyl sites for hydroxylation is 1. The smallest absolute Gasteiger partial charge is 0.303 e. The number of aliphatic hydroxyl groups excluding tert-OH is 1. The molecule has 5 heteroatoms. The molecule has 0 aliphatic heterocycles. The molecule has 0 heterocycles. The third-order valence-electron chi connectivity index (χ3n) is 1.47. The largest absolute Gasteiger partial charge is 0.481 e. The van der Waals surface area contributed by atoms with Crippen LogP contribution in [0.5, 0.6) is 0 Å². The van der Waals surface area contributed by atoms with Crippen molar-refractivity contribution in [3.05, 3.63) is 35.9 Å². The van der Waals surface area contributed by atoms with Crippen LogP contribution in [0.1, 0.15) is 12.0 Å². The molecular formula is C15H27NO4. The summed E-state index contributed by atoms with van der Waals surface area (Å²) in [6.45, 7) is 0. The first-order valence-electron chi connectivity index (χ1n) is 5.72. The fourth-order valence-electron chi connectivity index (χ4n) is 0.896. The van der Waals surface area contributed by atoms with Gasteiger partial charge >= 0.3 is 5.97 Å². The highest BCUT2D eigenvalue weighted by molar-refractivity contribution is 5.67. The van der Waals surface area contributed by atoms with Crippen molar-refractivity contribution in [2.45, 2.75) is 12.8 Å². The Morgan fingerprint density at radius 3 is 1.80 bits per heavy atom. The first-order chi connectivity index (χ1) is 9.70. The number of carbonyl (C=O) groups is 1. The summed E-state index contributed by atoms with van der Waals surface area (Å²) < 4.78 is 4.25. The van der Waals surface area contributed by atoms with Gasteiger partial charge in [0.25, 0.3) is 0 Å². The highest BCUT2D eigenvalue weighted by atomic mass is 16.4. The molecule has 0 radical (unpaired) electrons. The third-order valence-corrected chi connectivity index (χ3v) is 1.47. The molecule has 1 rings (SSSR count). The van der Waals surface area contributed by atoms with Gasteiger partial charge in [-0.25, -0.2) is 0 Å². The molecule has 0 bridgehead atoms. The number of ether oxygens (including phenoxy) is 1. The second-order valence-electron chi connectivity index (χ2n) is 2.79.